The van der Waals surface area contributed by atoms with E-state index in [2.05, 4.69) is 26.4 Å². The molecule has 0 bridgehead atoms. The standard InChI is InChI=1S/C39H34F3N3O6/c40-39(41,42)51-33-19-18-29(23-31(33)38-45-32-8-4-5-9-34(32)50-38)44-37(49)30(27-16-14-26(15-17-27)25-6-2-1-3-7-25)22-24-10-12-28(13-11-24)36(48)43-21-20-35(46)47/h4-6,8-19,23,30H,1-3,7,20-22H2,(H,43,48)(H,44,49)(H,46,47). The normalized spacial score (nSPS) is 13.7. The minimum absolute atomic E-state index is 0.0114. The zero-order chi connectivity index (χ0) is 36.0. The van der Waals surface area contributed by atoms with E-state index in [4.69, 9.17) is 9.52 Å². The number of hydrogen-bond donors (Lipinski definition) is 3. The molecule has 4 aromatic carbocycles. The lowest BCUT2D eigenvalue weighted by molar-refractivity contribution is -0.274. The first-order valence-corrected chi connectivity index (χ1v) is 16.5. The van der Waals surface area contributed by atoms with Gasteiger partial charge < -0.3 is 24.9 Å². The number of aliphatic carboxylic acids is 1. The minimum Gasteiger partial charge on any atom is -0.481 e. The molecule has 0 saturated carbocycles. The van der Waals surface area contributed by atoms with Crippen molar-refractivity contribution in [3.05, 3.63) is 119 Å². The number of halogens is 3. The lowest BCUT2D eigenvalue weighted by Gasteiger charge is -2.20. The Balaban J connectivity index is 1.28. The van der Waals surface area contributed by atoms with Gasteiger partial charge in [0, 0.05) is 17.8 Å². The van der Waals surface area contributed by atoms with Crippen LogP contribution in [-0.2, 0) is 16.0 Å². The molecule has 51 heavy (non-hydrogen) atoms. The lowest BCUT2D eigenvalue weighted by Crippen LogP contribution is -2.26. The van der Waals surface area contributed by atoms with Crippen molar-refractivity contribution in [2.24, 2.45) is 0 Å². The molecule has 3 N–H and O–H groups in total. The number of alkyl halides is 3. The van der Waals surface area contributed by atoms with Gasteiger partial charge in [-0.05, 0) is 96.8 Å². The Morgan fingerprint density at radius 3 is 2.39 bits per heavy atom. The Labute approximate surface area is 291 Å². The topological polar surface area (TPSA) is 131 Å². The van der Waals surface area contributed by atoms with E-state index in [0.29, 0.717) is 16.7 Å². The monoisotopic (exact) mass is 697 g/mol. The highest BCUT2D eigenvalue weighted by Crippen LogP contribution is 2.37. The number of nitrogens with one attached hydrogen (secondary N) is 2. The molecule has 0 saturated heterocycles. The number of ether oxygens (including phenoxy) is 1. The van der Waals surface area contributed by atoms with Crippen molar-refractivity contribution < 1.29 is 41.8 Å². The summed E-state index contributed by atoms with van der Waals surface area (Å²) in [6.07, 6.45) is 1.57. The first-order chi connectivity index (χ1) is 24.5. The van der Waals surface area contributed by atoms with Gasteiger partial charge in [0.15, 0.2) is 5.58 Å². The molecule has 1 aromatic heterocycles. The maximum absolute atomic E-state index is 14.1. The number of benzene rings is 4. The number of carboxylic acid groups (broad SMARTS) is 1. The highest BCUT2D eigenvalue weighted by molar-refractivity contribution is 5.97. The lowest BCUT2D eigenvalue weighted by atomic mass is 9.88. The number of aromatic nitrogens is 1. The maximum atomic E-state index is 14.1. The van der Waals surface area contributed by atoms with E-state index in [1.165, 1.54) is 17.7 Å². The third-order valence-corrected chi connectivity index (χ3v) is 8.57. The Hall–Kier alpha value is -5.91. The smallest absolute Gasteiger partial charge is 0.481 e. The Morgan fingerprint density at radius 1 is 0.941 bits per heavy atom. The van der Waals surface area contributed by atoms with Crippen LogP contribution < -0.4 is 15.4 Å². The number of carbonyl (C=O) groups is 3. The summed E-state index contributed by atoms with van der Waals surface area (Å²) in [7, 11) is 0. The molecule has 2 amide bonds. The molecular weight excluding hydrogens is 663 g/mol. The molecule has 1 aliphatic carbocycles. The molecule has 1 aliphatic rings. The van der Waals surface area contributed by atoms with Crippen LogP contribution in [0, 0.1) is 0 Å². The Bertz CT molecular complexity index is 2040. The summed E-state index contributed by atoms with van der Waals surface area (Å²) in [6.45, 7) is -0.0114. The molecule has 5 aromatic rings. The minimum atomic E-state index is -4.98. The molecule has 0 fully saturated rings. The predicted molar refractivity (Wildman–Crippen MR) is 185 cm³/mol. The van der Waals surface area contributed by atoms with Crippen molar-refractivity contribution in [3.63, 3.8) is 0 Å². The zero-order valence-corrected chi connectivity index (χ0v) is 27.3. The molecule has 0 radical (unpaired) electrons. The fourth-order valence-electron chi connectivity index (χ4n) is 6.01. The average molecular weight is 698 g/mol. The first-order valence-electron chi connectivity index (χ1n) is 16.5. The van der Waals surface area contributed by atoms with Gasteiger partial charge >= 0.3 is 12.3 Å². The van der Waals surface area contributed by atoms with Gasteiger partial charge in [-0.3, -0.25) is 14.4 Å². The third-order valence-electron chi connectivity index (χ3n) is 8.57. The SMILES string of the molecule is O=C(O)CCNC(=O)c1ccc(CC(C(=O)Nc2ccc(OC(F)(F)F)c(-c3nc4ccccc4o3)c2)c2ccc(C3=CCCCC3)cc2)cc1. The second-order valence-corrected chi connectivity index (χ2v) is 12.2. The second-order valence-electron chi connectivity index (χ2n) is 12.2. The van der Waals surface area contributed by atoms with Gasteiger partial charge in [0.2, 0.25) is 11.8 Å². The molecule has 1 heterocycles. The van der Waals surface area contributed by atoms with Crippen LogP contribution in [0.2, 0.25) is 0 Å². The number of nitrogens with zero attached hydrogens (tertiary/aromatic N) is 1. The van der Waals surface area contributed by atoms with Crippen LogP contribution in [0.25, 0.3) is 28.1 Å². The van der Waals surface area contributed by atoms with Gasteiger partial charge in [-0.15, -0.1) is 13.2 Å². The Morgan fingerprint density at radius 2 is 1.71 bits per heavy atom. The number of carbonyl (C=O) groups excluding carboxylic acids is 2. The maximum Gasteiger partial charge on any atom is 0.573 e. The van der Waals surface area contributed by atoms with Gasteiger partial charge in [0.05, 0.1) is 17.9 Å². The summed E-state index contributed by atoms with van der Waals surface area (Å²) >= 11 is 0. The van der Waals surface area contributed by atoms with E-state index < -0.39 is 35.8 Å². The number of amides is 2. The molecule has 1 atom stereocenters. The van der Waals surface area contributed by atoms with Gasteiger partial charge in [-0.25, -0.2) is 4.98 Å². The fourth-order valence-corrected chi connectivity index (χ4v) is 6.01. The van der Waals surface area contributed by atoms with Crippen LogP contribution in [0.4, 0.5) is 18.9 Å². The van der Waals surface area contributed by atoms with Crippen molar-refractivity contribution in [3.8, 4) is 17.2 Å². The largest absolute Gasteiger partial charge is 0.573 e. The van der Waals surface area contributed by atoms with E-state index in [1.807, 2.05) is 24.3 Å². The highest BCUT2D eigenvalue weighted by Gasteiger charge is 2.33. The average Bonchev–Trinajstić information content (AvgIpc) is 3.55. The number of oxazole rings is 1. The number of fused-ring (bicyclic) bond motifs is 1. The highest BCUT2D eigenvalue weighted by atomic mass is 19.4. The van der Waals surface area contributed by atoms with E-state index in [1.54, 1.807) is 48.5 Å². The summed E-state index contributed by atoms with van der Waals surface area (Å²) in [4.78, 5) is 41.7. The number of para-hydroxylation sites is 2. The van der Waals surface area contributed by atoms with E-state index in [9.17, 15) is 27.6 Å². The second kappa shape index (κ2) is 15.3. The molecule has 1 unspecified atom stereocenters. The molecule has 9 nitrogen and oxygen atoms in total. The fraction of sp³-hybridized carbons (Fsp3) is 0.231. The van der Waals surface area contributed by atoms with Gasteiger partial charge in [0.1, 0.15) is 11.3 Å². The number of hydrogen-bond acceptors (Lipinski definition) is 6. The summed E-state index contributed by atoms with van der Waals surface area (Å²) < 4.78 is 50.1. The molecule has 0 spiro atoms. The van der Waals surface area contributed by atoms with Gasteiger partial charge in [0.25, 0.3) is 5.91 Å². The summed E-state index contributed by atoms with van der Waals surface area (Å²) in [5, 5.41) is 14.3. The van der Waals surface area contributed by atoms with Crippen LogP contribution in [0.1, 0.15) is 65.1 Å². The first kappa shape index (κ1) is 34.9. The van der Waals surface area contributed by atoms with Gasteiger partial charge in [-0.2, -0.15) is 0 Å². The van der Waals surface area contributed by atoms with E-state index >= 15 is 0 Å². The third kappa shape index (κ3) is 9.01. The molecule has 262 valence electrons. The van der Waals surface area contributed by atoms with Crippen molar-refractivity contribution >= 4 is 40.1 Å². The van der Waals surface area contributed by atoms with Crippen molar-refractivity contribution in [2.45, 2.75) is 50.8 Å². The molecule has 6 rings (SSSR count). The zero-order valence-electron chi connectivity index (χ0n) is 27.3. The number of anilines is 1. The summed E-state index contributed by atoms with van der Waals surface area (Å²) in [5.74, 6) is -3.23. The van der Waals surface area contributed by atoms with Crippen LogP contribution in [0.5, 0.6) is 5.75 Å². The van der Waals surface area contributed by atoms with Gasteiger partial charge in [-0.1, -0.05) is 54.6 Å². The predicted octanol–water partition coefficient (Wildman–Crippen LogP) is 8.52. The number of allylic oxidation sites excluding steroid dienone is 2. The van der Waals surface area contributed by atoms with Crippen molar-refractivity contribution in [1.82, 2.24) is 10.3 Å². The van der Waals surface area contributed by atoms with E-state index in [0.717, 1.165) is 48.4 Å². The van der Waals surface area contributed by atoms with Crippen molar-refractivity contribution in [1.29, 1.82) is 0 Å². The molecule has 0 aliphatic heterocycles. The van der Waals surface area contributed by atoms with Crippen LogP contribution in [-0.4, -0.2) is 40.8 Å². The molecular formula is C39H34F3N3O6. The number of carboxylic acids is 1. The quantitative estimate of drug-likeness (QED) is 0.119. The van der Waals surface area contributed by atoms with Crippen LogP contribution in [0.15, 0.2) is 101 Å². The molecule has 12 heteroatoms. The van der Waals surface area contributed by atoms with Crippen LogP contribution in [0.3, 0.4) is 0 Å². The van der Waals surface area contributed by atoms with Crippen LogP contribution >= 0.6 is 0 Å². The Kier molecular flexibility index (Phi) is 10.5. The van der Waals surface area contributed by atoms with E-state index in [-0.39, 0.29) is 36.5 Å². The summed E-state index contributed by atoms with van der Waals surface area (Å²) in [6, 6.07) is 24.9. The number of rotatable bonds is 12. The van der Waals surface area contributed by atoms with Crippen molar-refractivity contribution in [2.75, 3.05) is 11.9 Å². The summed E-state index contributed by atoms with van der Waals surface area (Å²) in [5.41, 5.74) is 5.07.